The fourth-order valence-corrected chi connectivity index (χ4v) is 2.97. The molecule has 1 aromatic carbocycles. The van der Waals surface area contributed by atoms with Gasteiger partial charge in [-0.25, -0.2) is 0 Å². The van der Waals surface area contributed by atoms with Crippen LogP contribution in [0.25, 0.3) is 0 Å². The Kier molecular flexibility index (Phi) is 7.20. The summed E-state index contributed by atoms with van der Waals surface area (Å²) in [5.41, 5.74) is 1.21. The van der Waals surface area contributed by atoms with Crippen LogP contribution in [0.15, 0.2) is 29.3 Å². The van der Waals surface area contributed by atoms with Crippen LogP contribution in [0, 0.1) is 5.92 Å². The SMILES string of the molecule is CN=C(NCCN1CCCC(C)C1)NCc1ccc(OC)cc1. The summed E-state index contributed by atoms with van der Waals surface area (Å²) >= 11 is 0. The molecule has 128 valence electrons. The van der Waals surface area contributed by atoms with E-state index in [0.29, 0.717) is 0 Å². The van der Waals surface area contributed by atoms with Crippen LogP contribution in [0.4, 0.5) is 0 Å². The molecule has 1 atom stereocenters. The van der Waals surface area contributed by atoms with E-state index >= 15 is 0 Å². The molecule has 1 aliphatic heterocycles. The molecule has 0 saturated carbocycles. The summed E-state index contributed by atoms with van der Waals surface area (Å²) in [6.45, 7) is 7.55. The van der Waals surface area contributed by atoms with E-state index in [-0.39, 0.29) is 0 Å². The molecule has 0 bridgehead atoms. The maximum absolute atomic E-state index is 5.17. The van der Waals surface area contributed by atoms with E-state index in [0.717, 1.165) is 37.3 Å². The highest BCUT2D eigenvalue weighted by atomic mass is 16.5. The molecule has 5 heteroatoms. The smallest absolute Gasteiger partial charge is 0.191 e. The number of ether oxygens (including phenoxy) is 1. The molecule has 0 aliphatic carbocycles. The molecule has 1 aliphatic rings. The summed E-state index contributed by atoms with van der Waals surface area (Å²) in [6, 6.07) is 8.08. The Hall–Kier alpha value is -1.75. The van der Waals surface area contributed by atoms with Gasteiger partial charge in [0, 0.05) is 33.2 Å². The van der Waals surface area contributed by atoms with Crippen molar-refractivity contribution in [2.45, 2.75) is 26.3 Å². The maximum atomic E-state index is 5.17. The molecule has 0 amide bonds. The van der Waals surface area contributed by atoms with Crippen molar-refractivity contribution in [1.82, 2.24) is 15.5 Å². The summed E-state index contributed by atoms with van der Waals surface area (Å²) in [6.07, 6.45) is 2.70. The average molecular weight is 318 g/mol. The van der Waals surface area contributed by atoms with Gasteiger partial charge in [-0.15, -0.1) is 0 Å². The number of methoxy groups -OCH3 is 1. The second-order valence-electron chi connectivity index (χ2n) is 6.25. The predicted molar refractivity (Wildman–Crippen MR) is 96.0 cm³/mol. The number of hydrogen-bond donors (Lipinski definition) is 2. The summed E-state index contributed by atoms with van der Waals surface area (Å²) in [5.74, 6) is 2.56. The van der Waals surface area contributed by atoms with E-state index < -0.39 is 0 Å². The van der Waals surface area contributed by atoms with Gasteiger partial charge in [-0.2, -0.15) is 0 Å². The molecular weight excluding hydrogens is 288 g/mol. The Morgan fingerprint density at radius 1 is 1.30 bits per heavy atom. The summed E-state index contributed by atoms with van der Waals surface area (Å²) < 4.78 is 5.17. The number of guanidine groups is 1. The zero-order chi connectivity index (χ0) is 16.5. The average Bonchev–Trinajstić information content (AvgIpc) is 2.58. The lowest BCUT2D eigenvalue weighted by Gasteiger charge is -2.30. The normalized spacial score (nSPS) is 19.4. The summed E-state index contributed by atoms with van der Waals surface area (Å²) in [4.78, 5) is 6.83. The first-order valence-corrected chi connectivity index (χ1v) is 8.51. The lowest BCUT2D eigenvalue weighted by Crippen LogP contribution is -2.43. The number of rotatable bonds is 6. The highest BCUT2D eigenvalue weighted by Gasteiger charge is 2.15. The zero-order valence-corrected chi connectivity index (χ0v) is 14.6. The summed E-state index contributed by atoms with van der Waals surface area (Å²) in [5, 5.41) is 6.75. The molecule has 5 nitrogen and oxygen atoms in total. The van der Waals surface area contributed by atoms with Crippen LogP contribution in [0.5, 0.6) is 5.75 Å². The van der Waals surface area contributed by atoms with Gasteiger partial charge in [-0.05, 0) is 43.0 Å². The van der Waals surface area contributed by atoms with E-state index in [2.05, 4.69) is 39.6 Å². The first-order chi connectivity index (χ1) is 11.2. The fourth-order valence-electron chi connectivity index (χ4n) is 2.97. The first-order valence-electron chi connectivity index (χ1n) is 8.51. The van der Waals surface area contributed by atoms with Gasteiger partial charge < -0.3 is 20.3 Å². The third-order valence-corrected chi connectivity index (χ3v) is 4.30. The molecule has 2 N–H and O–H groups in total. The number of piperidine rings is 1. The number of nitrogens with zero attached hydrogens (tertiary/aromatic N) is 2. The van der Waals surface area contributed by atoms with E-state index in [1.54, 1.807) is 7.11 Å². The number of nitrogens with one attached hydrogen (secondary N) is 2. The van der Waals surface area contributed by atoms with Crippen molar-refractivity contribution in [3.63, 3.8) is 0 Å². The fraction of sp³-hybridized carbons (Fsp3) is 0.611. The van der Waals surface area contributed by atoms with Gasteiger partial charge in [0.15, 0.2) is 5.96 Å². The predicted octanol–water partition coefficient (Wildman–Crippen LogP) is 2.09. The Bertz CT molecular complexity index is 486. The van der Waals surface area contributed by atoms with Crippen LogP contribution in [-0.4, -0.2) is 51.2 Å². The third kappa shape index (κ3) is 6.10. The molecule has 2 rings (SSSR count). The molecule has 0 spiro atoms. The molecule has 23 heavy (non-hydrogen) atoms. The monoisotopic (exact) mass is 318 g/mol. The molecule has 1 unspecified atom stereocenters. The van der Waals surface area contributed by atoms with E-state index in [9.17, 15) is 0 Å². The highest BCUT2D eigenvalue weighted by Crippen LogP contribution is 2.14. The lowest BCUT2D eigenvalue weighted by atomic mass is 10.0. The number of benzene rings is 1. The summed E-state index contributed by atoms with van der Waals surface area (Å²) in [7, 11) is 3.49. The van der Waals surface area contributed by atoms with E-state index in [1.807, 2.05) is 19.2 Å². The molecule has 1 heterocycles. The second-order valence-corrected chi connectivity index (χ2v) is 6.25. The topological polar surface area (TPSA) is 48.9 Å². The van der Waals surface area contributed by atoms with Gasteiger partial charge in [-0.3, -0.25) is 4.99 Å². The molecule has 0 radical (unpaired) electrons. The minimum Gasteiger partial charge on any atom is -0.497 e. The van der Waals surface area contributed by atoms with Gasteiger partial charge in [0.25, 0.3) is 0 Å². The Morgan fingerprint density at radius 3 is 2.74 bits per heavy atom. The van der Waals surface area contributed by atoms with Crippen LogP contribution >= 0.6 is 0 Å². The molecule has 1 aromatic rings. The van der Waals surface area contributed by atoms with Gasteiger partial charge in [0.05, 0.1) is 7.11 Å². The van der Waals surface area contributed by atoms with Crippen molar-refractivity contribution in [1.29, 1.82) is 0 Å². The van der Waals surface area contributed by atoms with Crippen molar-refractivity contribution in [2.75, 3.05) is 40.3 Å². The van der Waals surface area contributed by atoms with Gasteiger partial charge in [-0.1, -0.05) is 19.1 Å². The lowest BCUT2D eigenvalue weighted by molar-refractivity contribution is 0.187. The first kappa shape index (κ1) is 17.6. The van der Waals surface area contributed by atoms with Crippen molar-refractivity contribution in [2.24, 2.45) is 10.9 Å². The van der Waals surface area contributed by atoms with Gasteiger partial charge >= 0.3 is 0 Å². The minimum absolute atomic E-state index is 0.754. The Balaban J connectivity index is 1.68. The van der Waals surface area contributed by atoms with Crippen LogP contribution in [0.3, 0.4) is 0 Å². The maximum Gasteiger partial charge on any atom is 0.191 e. The second kappa shape index (κ2) is 9.40. The quantitative estimate of drug-likeness (QED) is 0.623. The minimum atomic E-state index is 0.754. The highest BCUT2D eigenvalue weighted by molar-refractivity contribution is 5.79. The van der Waals surface area contributed by atoms with Crippen molar-refractivity contribution in [3.8, 4) is 5.75 Å². The third-order valence-electron chi connectivity index (χ3n) is 4.30. The number of likely N-dealkylation sites (tertiary alicyclic amines) is 1. The molecular formula is C18H30N4O. The largest absolute Gasteiger partial charge is 0.497 e. The van der Waals surface area contributed by atoms with Gasteiger partial charge in [0.2, 0.25) is 0 Å². The van der Waals surface area contributed by atoms with Crippen LogP contribution < -0.4 is 15.4 Å². The Morgan fingerprint density at radius 2 is 2.09 bits per heavy atom. The Labute approximate surface area is 140 Å². The van der Waals surface area contributed by atoms with Crippen molar-refractivity contribution in [3.05, 3.63) is 29.8 Å². The van der Waals surface area contributed by atoms with Crippen molar-refractivity contribution >= 4 is 5.96 Å². The number of hydrogen-bond acceptors (Lipinski definition) is 3. The molecule has 1 fully saturated rings. The van der Waals surface area contributed by atoms with Crippen LogP contribution in [0.1, 0.15) is 25.3 Å². The van der Waals surface area contributed by atoms with Crippen LogP contribution in [0.2, 0.25) is 0 Å². The standard InChI is InChI=1S/C18H30N4O/c1-15-5-4-11-22(14-15)12-10-20-18(19-2)21-13-16-6-8-17(23-3)9-7-16/h6-9,15H,4-5,10-14H2,1-3H3,(H2,19,20,21). The zero-order valence-electron chi connectivity index (χ0n) is 14.6. The van der Waals surface area contributed by atoms with Crippen LogP contribution in [-0.2, 0) is 6.54 Å². The molecule has 0 aromatic heterocycles. The molecule has 1 saturated heterocycles. The van der Waals surface area contributed by atoms with E-state index in [4.69, 9.17) is 4.74 Å². The van der Waals surface area contributed by atoms with Gasteiger partial charge in [0.1, 0.15) is 5.75 Å². The van der Waals surface area contributed by atoms with Crippen molar-refractivity contribution < 1.29 is 4.74 Å². The van der Waals surface area contributed by atoms with E-state index in [1.165, 1.54) is 31.5 Å². The number of aliphatic imine (C=N–C) groups is 1.